The van der Waals surface area contributed by atoms with Crippen molar-refractivity contribution in [3.05, 3.63) is 0 Å². The highest BCUT2D eigenvalue weighted by Crippen LogP contribution is 2.31. The molecule has 5 nitrogen and oxygen atoms in total. The Morgan fingerprint density at radius 3 is 2.53 bits per heavy atom. The number of likely N-dealkylation sites (tertiary alicyclic amines) is 1. The van der Waals surface area contributed by atoms with Crippen molar-refractivity contribution in [1.82, 2.24) is 9.80 Å². The third kappa shape index (κ3) is 3.61. The van der Waals surface area contributed by atoms with Crippen molar-refractivity contribution in [2.75, 3.05) is 13.1 Å². The SMILES string of the molecule is CC(C)CN(C(=O)N1CCCC1CC(=O)O)C1CC1. The molecule has 1 saturated heterocycles. The lowest BCUT2D eigenvalue weighted by molar-refractivity contribution is -0.138. The standard InChI is InChI=1S/C14H24N2O3/c1-10(2)9-16(11-5-6-11)14(19)15-7-3-4-12(15)8-13(17)18/h10-12H,3-9H2,1-2H3,(H,17,18). The molecule has 1 heterocycles. The minimum Gasteiger partial charge on any atom is -0.481 e. The van der Waals surface area contributed by atoms with Crippen molar-refractivity contribution in [2.24, 2.45) is 5.92 Å². The fourth-order valence-electron chi connectivity index (χ4n) is 2.83. The first-order valence-electron chi connectivity index (χ1n) is 7.28. The Hall–Kier alpha value is -1.26. The number of hydrogen-bond acceptors (Lipinski definition) is 2. The Morgan fingerprint density at radius 1 is 1.32 bits per heavy atom. The van der Waals surface area contributed by atoms with E-state index in [1.807, 2.05) is 4.90 Å². The molecule has 1 aliphatic carbocycles. The zero-order valence-corrected chi connectivity index (χ0v) is 11.8. The predicted octanol–water partition coefficient (Wildman–Crippen LogP) is 2.17. The van der Waals surface area contributed by atoms with E-state index in [4.69, 9.17) is 5.11 Å². The molecule has 1 unspecified atom stereocenters. The number of carbonyl (C=O) groups excluding carboxylic acids is 1. The van der Waals surface area contributed by atoms with E-state index in [2.05, 4.69) is 13.8 Å². The summed E-state index contributed by atoms with van der Waals surface area (Å²) in [5.74, 6) is -0.364. The number of carboxylic acids is 1. The van der Waals surface area contributed by atoms with E-state index >= 15 is 0 Å². The van der Waals surface area contributed by atoms with Crippen molar-refractivity contribution >= 4 is 12.0 Å². The van der Waals surface area contributed by atoms with E-state index in [-0.39, 0.29) is 18.5 Å². The van der Waals surface area contributed by atoms with Crippen LogP contribution in [0.25, 0.3) is 0 Å². The maximum atomic E-state index is 12.6. The molecule has 19 heavy (non-hydrogen) atoms. The first-order chi connectivity index (χ1) is 8.99. The number of carboxylic acid groups (broad SMARTS) is 1. The van der Waals surface area contributed by atoms with E-state index in [1.54, 1.807) is 4.90 Å². The number of aliphatic carboxylic acids is 1. The monoisotopic (exact) mass is 268 g/mol. The van der Waals surface area contributed by atoms with Gasteiger partial charge in [-0.15, -0.1) is 0 Å². The molecular weight excluding hydrogens is 244 g/mol. The van der Waals surface area contributed by atoms with Gasteiger partial charge in [0.1, 0.15) is 0 Å². The average Bonchev–Trinajstić information content (AvgIpc) is 3.05. The van der Waals surface area contributed by atoms with Gasteiger partial charge in [0.05, 0.1) is 6.42 Å². The van der Waals surface area contributed by atoms with E-state index < -0.39 is 5.97 Å². The van der Waals surface area contributed by atoms with Crippen molar-refractivity contribution in [1.29, 1.82) is 0 Å². The summed E-state index contributed by atoms with van der Waals surface area (Å²) in [6, 6.07) is 0.333. The molecule has 1 atom stereocenters. The molecule has 2 rings (SSSR count). The summed E-state index contributed by atoms with van der Waals surface area (Å²) in [5, 5.41) is 8.93. The van der Waals surface area contributed by atoms with Crippen LogP contribution in [0.5, 0.6) is 0 Å². The van der Waals surface area contributed by atoms with Crippen LogP contribution in [-0.2, 0) is 4.79 Å². The number of hydrogen-bond donors (Lipinski definition) is 1. The Balaban J connectivity index is 2.01. The van der Waals surface area contributed by atoms with Gasteiger partial charge >= 0.3 is 12.0 Å². The molecule has 2 amide bonds. The van der Waals surface area contributed by atoms with Crippen LogP contribution in [-0.4, -0.2) is 52.1 Å². The second kappa shape index (κ2) is 5.80. The highest BCUT2D eigenvalue weighted by Gasteiger charge is 2.39. The second-order valence-electron chi connectivity index (χ2n) is 6.15. The van der Waals surface area contributed by atoms with Crippen molar-refractivity contribution in [3.63, 3.8) is 0 Å². The molecule has 108 valence electrons. The van der Waals surface area contributed by atoms with Crippen molar-refractivity contribution in [3.8, 4) is 0 Å². The molecule has 0 aromatic heterocycles. The Morgan fingerprint density at radius 2 is 2.00 bits per heavy atom. The van der Waals surface area contributed by atoms with E-state index in [0.29, 0.717) is 18.5 Å². The fraction of sp³-hybridized carbons (Fsp3) is 0.857. The summed E-state index contributed by atoms with van der Waals surface area (Å²) in [6.07, 6.45) is 4.00. The van der Waals surface area contributed by atoms with Crippen LogP contribution in [0, 0.1) is 5.92 Å². The summed E-state index contributed by atoms with van der Waals surface area (Å²) in [6.45, 7) is 5.71. The number of amides is 2. The van der Waals surface area contributed by atoms with E-state index in [9.17, 15) is 9.59 Å². The number of carbonyl (C=O) groups is 2. The van der Waals surface area contributed by atoms with E-state index in [1.165, 1.54) is 0 Å². The van der Waals surface area contributed by atoms with Crippen LogP contribution in [0.4, 0.5) is 4.79 Å². The van der Waals surface area contributed by atoms with Gasteiger partial charge < -0.3 is 14.9 Å². The van der Waals surface area contributed by atoms with Crippen LogP contribution in [0.1, 0.15) is 46.0 Å². The van der Waals surface area contributed by atoms with Crippen LogP contribution >= 0.6 is 0 Å². The van der Waals surface area contributed by atoms with Gasteiger partial charge in [0.15, 0.2) is 0 Å². The third-order valence-electron chi connectivity index (χ3n) is 3.83. The van der Waals surface area contributed by atoms with Crippen molar-refractivity contribution < 1.29 is 14.7 Å². The number of nitrogens with zero attached hydrogens (tertiary/aromatic N) is 2. The minimum atomic E-state index is -0.813. The van der Waals surface area contributed by atoms with Gasteiger partial charge in [0, 0.05) is 25.2 Å². The summed E-state index contributed by atoms with van der Waals surface area (Å²) in [7, 11) is 0. The first kappa shape index (κ1) is 14.2. The Bertz CT molecular complexity index is 353. The maximum Gasteiger partial charge on any atom is 0.320 e. The molecule has 0 aromatic rings. The van der Waals surface area contributed by atoms with Gasteiger partial charge in [-0.2, -0.15) is 0 Å². The molecule has 2 fully saturated rings. The second-order valence-corrected chi connectivity index (χ2v) is 6.15. The third-order valence-corrected chi connectivity index (χ3v) is 3.83. The Kier molecular flexibility index (Phi) is 4.32. The van der Waals surface area contributed by atoms with Gasteiger partial charge in [-0.05, 0) is 31.6 Å². The molecule has 0 bridgehead atoms. The van der Waals surface area contributed by atoms with Crippen LogP contribution < -0.4 is 0 Å². The highest BCUT2D eigenvalue weighted by atomic mass is 16.4. The van der Waals surface area contributed by atoms with Gasteiger partial charge in [-0.1, -0.05) is 13.8 Å². The largest absolute Gasteiger partial charge is 0.481 e. The molecule has 1 aliphatic heterocycles. The van der Waals surface area contributed by atoms with Crippen LogP contribution in [0.2, 0.25) is 0 Å². The molecular formula is C14H24N2O3. The predicted molar refractivity (Wildman–Crippen MR) is 71.9 cm³/mol. The first-order valence-corrected chi connectivity index (χ1v) is 7.28. The van der Waals surface area contributed by atoms with Crippen LogP contribution in [0.15, 0.2) is 0 Å². The zero-order valence-electron chi connectivity index (χ0n) is 11.8. The number of rotatable bonds is 5. The van der Waals surface area contributed by atoms with E-state index in [0.717, 1.165) is 32.2 Å². The van der Waals surface area contributed by atoms with Crippen LogP contribution in [0.3, 0.4) is 0 Å². The quantitative estimate of drug-likeness (QED) is 0.831. The molecule has 0 spiro atoms. The Labute approximate surface area is 114 Å². The van der Waals surface area contributed by atoms with Gasteiger partial charge in [-0.25, -0.2) is 4.79 Å². The summed E-state index contributed by atoms with van der Waals surface area (Å²) >= 11 is 0. The topological polar surface area (TPSA) is 60.9 Å². The summed E-state index contributed by atoms with van der Waals surface area (Å²) < 4.78 is 0. The highest BCUT2D eigenvalue weighted by molar-refractivity contribution is 5.77. The van der Waals surface area contributed by atoms with Crippen molar-refractivity contribution in [2.45, 2.75) is 58.0 Å². The lowest BCUT2D eigenvalue weighted by Crippen LogP contribution is -2.48. The van der Waals surface area contributed by atoms with Gasteiger partial charge in [-0.3, -0.25) is 4.79 Å². The lowest BCUT2D eigenvalue weighted by Gasteiger charge is -2.32. The number of urea groups is 1. The molecule has 0 radical (unpaired) electrons. The molecule has 2 aliphatic rings. The van der Waals surface area contributed by atoms with Gasteiger partial charge in [0.2, 0.25) is 0 Å². The molecule has 0 aromatic carbocycles. The smallest absolute Gasteiger partial charge is 0.320 e. The maximum absolute atomic E-state index is 12.6. The average molecular weight is 268 g/mol. The van der Waals surface area contributed by atoms with Gasteiger partial charge in [0.25, 0.3) is 0 Å². The lowest BCUT2D eigenvalue weighted by atomic mass is 10.1. The fourth-order valence-corrected chi connectivity index (χ4v) is 2.83. The molecule has 1 N–H and O–H groups in total. The minimum absolute atomic E-state index is 0.0555. The normalized spacial score (nSPS) is 22.9. The summed E-state index contributed by atoms with van der Waals surface area (Å²) in [4.78, 5) is 27.2. The zero-order chi connectivity index (χ0) is 14.0. The summed E-state index contributed by atoms with van der Waals surface area (Å²) in [5.41, 5.74) is 0. The molecule has 1 saturated carbocycles. The molecule has 5 heteroatoms.